The summed E-state index contributed by atoms with van der Waals surface area (Å²) in [7, 11) is 0. The monoisotopic (exact) mass is 336 g/mol. The number of hydrogen-bond acceptors (Lipinski definition) is 4. The summed E-state index contributed by atoms with van der Waals surface area (Å²) in [6, 6.07) is 16.9. The van der Waals surface area contributed by atoms with E-state index in [1.165, 1.54) is 0 Å². The van der Waals surface area contributed by atoms with Gasteiger partial charge in [0.1, 0.15) is 0 Å². The zero-order valence-corrected chi connectivity index (χ0v) is 13.7. The highest BCUT2D eigenvalue weighted by atomic mass is 16.3. The third kappa shape index (κ3) is 2.75. The predicted octanol–water partition coefficient (Wildman–Crippen LogP) is 1.50. The van der Waals surface area contributed by atoms with Crippen LogP contribution < -0.4 is 10.6 Å². The Morgan fingerprint density at radius 3 is 2.52 bits per heavy atom. The third-order valence-electron chi connectivity index (χ3n) is 5.27. The number of carbonyl (C=O) groups is 2. The van der Waals surface area contributed by atoms with Gasteiger partial charge in [0.25, 0.3) is 0 Å². The smallest absolute Gasteiger partial charge is 0.232 e. The first kappa shape index (κ1) is 16.0. The summed E-state index contributed by atoms with van der Waals surface area (Å²) < 4.78 is 0. The molecular weight excluding hydrogens is 316 g/mol. The maximum absolute atomic E-state index is 12.4. The summed E-state index contributed by atoms with van der Waals surface area (Å²) >= 11 is 0. The molecule has 3 N–H and O–H groups in total. The van der Waals surface area contributed by atoms with Gasteiger partial charge in [-0.2, -0.15) is 0 Å². The molecule has 4 atom stereocenters. The maximum Gasteiger partial charge on any atom is 0.232 e. The van der Waals surface area contributed by atoms with E-state index >= 15 is 0 Å². The highest BCUT2D eigenvalue weighted by Gasteiger charge is 2.50. The van der Waals surface area contributed by atoms with Crippen molar-refractivity contribution in [3.8, 4) is 0 Å². The Balaban J connectivity index is 1.72. The van der Waals surface area contributed by atoms with Gasteiger partial charge in [-0.3, -0.25) is 14.9 Å². The van der Waals surface area contributed by atoms with Gasteiger partial charge < -0.3 is 10.4 Å². The lowest BCUT2D eigenvalue weighted by Crippen LogP contribution is -2.41. The highest BCUT2D eigenvalue weighted by molar-refractivity contribution is 6.06. The molecule has 5 nitrogen and oxygen atoms in total. The number of fused-ring (bicyclic) bond motifs is 2. The molecule has 1 fully saturated rings. The summed E-state index contributed by atoms with van der Waals surface area (Å²) in [5, 5.41) is 15.8. The Morgan fingerprint density at radius 2 is 1.76 bits per heavy atom. The standard InChI is InChI=1S/C20H20N2O3/c23-11-16(12-6-2-1-3-7-12)21-18-14-9-5-4-8-13(14)10-15-17(18)20(25)22-19(15)24/h1-9,15-18,21,23H,10-11H2,(H,22,24,25). The highest BCUT2D eigenvalue weighted by Crippen LogP contribution is 2.42. The third-order valence-corrected chi connectivity index (χ3v) is 5.27. The van der Waals surface area contributed by atoms with E-state index in [1.807, 2.05) is 54.6 Å². The van der Waals surface area contributed by atoms with Gasteiger partial charge in [0.15, 0.2) is 0 Å². The molecule has 5 heteroatoms. The number of imide groups is 1. The van der Waals surface area contributed by atoms with Crippen molar-refractivity contribution in [2.75, 3.05) is 6.61 Å². The van der Waals surface area contributed by atoms with Gasteiger partial charge in [0.05, 0.1) is 24.5 Å². The number of benzene rings is 2. The van der Waals surface area contributed by atoms with Crippen molar-refractivity contribution in [3.05, 3.63) is 71.3 Å². The Bertz CT molecular complexity index is 806. The van der Waals surface area contributed by atoms with Crippen LogP contribution in [0.2, 0.25) is 0 Å². The van der Waals surface area contributed by atoms with Crippen LogP contribution in [-0.4, -0.2) is 23.5 Å². The van der Waals surface area contributed by atoms with Crippen LogP contribution in [0.3, 0.4) is 0 Å². The predicted molar refractivity (Wildman–Crippen MR) is 92.4 cm³/mol. The van der Waals surface area contributed by atoms with Gasteiger partial charge in [-0.15, -0.1) is 0 Å². The quantitative estimate of drug-likeness (QED) is 0.740. The van der Waals surface area contributed by atoms with Crippen LogP contribution in [0.5, 0.6) is 0 Å². The molecule has 128 valence electrons. The summed E-state index contributed by atoms with van der Waals surface area (Å²) in [4.78, 5) is 24.6. The number of aliphatic hydroxyl groups is 1. The van der Waals surface area contributed by atoms with Crippen molar-refractivity contribution in [2.45, 2.75) is 18.5 Å². The lowest BCUT2D eigenvalue weighted by molar-refractivity contribution is -0.126. The van der Waals surface area contributed by atoms with Gasteiger partial charge in [0.2, 0.25) is 11.8 Å². The van der Waals surface area contributed by atoms with Crippen molar-refractivity contribution >= 4 is 11.8 Å². The number of nitrogens with one attached hydrogen (secondary N) is 2. The Labute approximate surface area is 146 Å². The van der Waals surface area contributed by atoms with Crippen molar-refractivity contribution in [1.29, 1.82) is 0 Å². The van der Waals surface area contributed by atoms with Crippen LogP contribution in [0.25, 0.3) is 0 Å². The average Bonchev–Trinajstić information content (AvgIpc) is 2.93. The molecule has 2 aromatic rings. The Kier molecular flexibility index (Phi) is 4.11. The minimum Gasteiger partial charge on any atom is -0.394 e. The van der Waals surface area contributed by atoms with E-state index in [9.17, 15) is 14.7 Å². The number of rotatable bonds is 4. The molecule has 1 aliphatic heterocycles. The average molecular weight is 336 g/mol. The van der Waals surface area contributed by atoms with Crippen LogP contribution >= 0.6 is 0 Å². The fourth-order valence-corrected chi connectivity index (χ4v) is 4.05. The van der Waals surface area contributed by atoms with Gasteiger partial charge in [-0.25, -0.2) is 0 Å². The van der Waals surface area contributed by atoms with E-state index in [1.54, 1.807) is 0 Å². The number of hydrogen-bond donors (Lipinski definition) is 3. The van der Waals surface area contributed by atoms with Gasteiger partial charge >= 0.3 is 0 Å². The molecule has 1 saturated heterocycles. The van der Waals surface area contributed by atoms with Crippen LogP contribution in [0.15, 0.2) is 54.6 Å². The SMILES string of the molecule is O=C1NC(=O)C2C1Cc1ccccc1C2NC(CO)c1ccccc1. The minimum absolute atomic E-state index is 0.0877. The van der Waals surface area contributed by atoms with Crippen molar-refractivity contribution in [2.24, 2.45) is 11.8 Å². The molecule has 4 rings (SSSR count). The van der Waals surface area contributed by atoms with E-state index < -0.39 is 5.92 Å². The molecule has 0 saturated carbocycles. The van der Waals surface area contributed by atoms with Crippen LogP contribution in [-0.2, 0) is 16.0 Å². The zero-order valence-electron chi connectivity index (χ0n) is 13.7. The minimum atomic E-state index is -0.444. The summed E-state index contributed by atoms with van der Waals surface area (Å²) in [6.45, 7) is -0.0877. The number of amides is 2. The second-order valence-corrected chi connectivity index (χ2v) is 6.68. The van der Waals surface area contributed by atoms with Crippen molar-refractivity contribution in [1.82, 2.24) is 10.6 Å². The normalized spacial score (nSPS) is 25.9. The molecule has 0 aromatic heterocycles. The first-order valence-electron chi connectivity index (χ1n) is 8.53. The summed E-state index contributed by atoms with van der Waals surface area (Å²) in [5.74, 6) is -1.22. The molecule has 2 aromatic carbocycles. The Morgan fingerprint density at radius 1 is 1.04 bits per heavy atom. The van der Waals surface area contributed by atoms with Crippen molar-refractivity contribution < 1.29 is 14.7 Å². The lowest BCUT2D eigenvalue weighted by atomic mass is 9.73. The molecule has 25 heavy (non-hydrogen) atoms. The van der Waals surface area contributed by atoms with E-state index in [4.69, 9.17) is 0 Å². The molecule has 1 aliphatic carbocycles. The first-order valence-corrected chi connectivity index (χ1v) is 8.53. The first-order chi connectivity index (χ1) is 12.2. The molecule has 0 spiro atoms. The van der Waals surface area contributed by atoms with E-state index in [0.29, 0.717) is 6.42 Å². The summed E-state index contributed by atoms with van der Waals surface area (Å²) in [6.07, 6.45) is 0.575. The van der Waals surface area contributed by atoms with E-state index in [2.05, 4.69) is 10.6 Å². The topological polar surface area (TPSA) is 78.4 Å². The molecule has 0 bridgehead atoms. The molecule has 2 amide bonds. The van der Waals surface area contributed by atoms with Crippen LogP contribution in [0, 0.1) is 11.8 Å². The van der Waals surface area contributed by atoms with E-state index in [0.717, 1.165) is 16.7 Å². The second kappa shape index (κ2) is 6.43. The lowest BCUT2D eigenvalue weighted by Gasteiger charge is -2.36. The van der Waals surface area contributed by atoms with Crippen molar-refractivity contribution in [3.63, 3.8) is 0 Å². The second-order valence-electron chi connectivity index (χ2n) is 6.68. The van der Waals surface area contributed by atoms with E-state index in [-0.39, 0.29) is 36.4 Å². The zero-order chi connectivity index (χ0) is 17.4. The Hall–Kier alpha value is -2.50. The van der Waals surface area contributed by atoms with Gasteiger partial charge in [-0.1, -0.05) is 54.6 Å². The number of aliphatic hydroxyl groups excluding tert-OH is 1. The molecule has 4 unspecified atom stereocenters. The van der Waals surface area contributed by atoms with Crippen LogP contribution in [0.1, 0.15) is 28.8 Å². The number of carbonyl (C=O) groups excluding carboxylic acids is 2. The summed E-state index contributed by atoms with van der Waals surface area (Å²) in [5.41, 5.74) is 3.06. The fraction of sp³-hybridized carbons (Fsp3) is 0.300. The molecule has 1 heterocycles. The van der Waals surface area contributed by atoms with Gasteiger partial charge in [0, 0.05) is 6.04 Å². The molecule has 0 radical (unpaired) electrons. The fourth-order valence-electron chi connectivity index (χ4n) is 4.05. The van der Waals surface area contributed by atoms with Gasteiger partial charge in [-0.05, 0) is 23.1 Å². The molecule has 2 aliphatic rings. The maximum atomic E-state index is 12.4. The molecular formula is C20H20N2O3. The largest absolute Gasteiger partial charge is 0.394 e. The van der Waals surface area contributed by atoms with Crippen LogP contribution in [0.4, 0.5) is 0 Å².